The van der Waals surface area contributed by atoms with Gasteiger partial charge in [0.05, 0.1) is 32.0 Å². The lowest BCUT2D eigenvalue weighted by Crippen LogP contribution is -2.30. The van der Waals surface area contributed by atoms with Crippen molar-refractivity contribution in [1.29, 1.82) is 0 Å². The molecule has 1 aromatic carbocycles. The average molecular weight is 280 g/mol. The molecule has 2 rings (SSSR count). The molecule has 0 amide bonds. The van der Waals surface area contributed by atoms with Crippen LogP contribution in [0.4, 0.5) is 0 Å². The Morgan fingerprint density at radius 3 is 2.65 bits per heavy atom. The molecule has 0 unspecified atom stereocenters. The van der Waals surface area contributed by atoms with E-state index in [1.54, 1.807) is 0 Å². The second kappa shape index (κ2) is 8.37. The van der Waals surface area contributed by atoms with Crippen LogP contribution in [0.15, 0.2) is 30.3 Å². The zero-order valence-electron chi connectivity index (χ0n) is 12.0. The Balaban J connectivity index is 1.65. The molecule has 0 bridgehead atoms. The summed E-state index contributed by atoms with van der Waals surface area (Å²) in [6, 6.07) is 9.98. The molecule has 112 valence electrons. The summed E-state index contributed by atoms with van der Waals surface area (Å²) in [6.45, 7) is 3.92. The van der Waals surface area contributed by atoms with E-state index in [1.165, 1.54) is 0 Å². The predicted octanol–water partition coefficient (Wildman–Crippen LogP) is 2.50. The van der Waals surface area contributed by atoms with Crippen LogP contribution in [0, 0.1) is 0 Å². The first kappa shape index (κ1) is 15.4. The van der Waals surface area contributed by atoms with Crippen molar-refractivity contribution in [3.8, 4) is 0 Å². The topological polar surface area (TPSA) is 47.9 Å². The van der Waals surface area contributed by atoms with E-state index in [2.05, 4.69) is 0 Å². The van der Waals surface area contributed by atoms with Crippen LogP contribution in [0.5, 0.6) is 0 Å². The second-order valence-corrected chi connectivity index (χ2v) is 5.17. The molecule has 1 aliphatic heterocycles. The quantitative estimate of drug-likeness (QED) is 0.833. The van der Waals surface area contributed by atoms with Gasteiger partial charge in [0.1, 0.15) is 0 Å². The van der Waals surface area contributed by atoms with E-state index in [-0.39, 0.29) is 12.4 Å². The maximum absolute atomic E-state index is 10.1. The Kier molecular flexibility index (Phi) is 6.47. The molecule has 0 saturated carbocycles. The van der Waals surface area contributed by atoms with E-state index >= 15 is 0 Å². The van der Waals surface area contributed by atoms with Gasteiger partial charge < -0.3 is 19.3 Å². The van der Waals surface area contributed by atoms with Crippen LogP contribution in [0.3, 0.4) is 0 Å². The Morgan fingerprint density at radius 2 is 1.95 bits per heavy atom. The molecule has 0 spiro atoms. The lowest BCUT2D eigenvalue weighted by molar-refractivity contribution is -0.185. The summed E-state index contributed by atoms with van der Waals surface area (Å²) >= 11 is 0. The van der Waals surface area contributed by atoms with Crippen LogP contribution in [0.2, 0.25) is 0 Å². The molecule has 2 atom stereocenters. The lowest BCUT2D eigenvalue weighted by atomic mass is 10.1. The smallest absolute Gasteiger partial charge is 0.157 e. The summed E-state index contributed by atoms with van der Waals surface area (Å²) in [5.41, 5.74) is 1.12. The lowest BCUT2D eigenvalue weighted by Gasteiger charge is -2.25. The van der Waals surface area contributed by atoms with Gasteiger partial charge in [-0.25, -0.2) is 0 Å². The minimum Gasteiger partial charge on any atom is -0.390 e. The molecular formula is C16H24O4. The zero-order valence-corrected chi connectivity index (χ0v) is 12.0. The zero-order chi connectivity index (χ0) is 14.2. The van der Waals surface area contributed by atoms with Gasteiger partial charge in [0.15, 0.2) is 6.29 Å². The van der Waals surface area contributed by atoms with Gasteiger partial charge in [-0.3, -0.25) is 0 Å². The first-order chi connectivity index (χ1) is 9.75. The summed E-state index contributed by atoms with van der Waals surface area (Å²) in [7, 11) is 0. The number of hydrogen-bond donors (Lipinski definition) is 1. The van der Waals surface area contributed by atoms with Crippen LogP contribution < -0.4 is 0 Å². The summed E-state index contributed by atoms with van der Waals surface area (Å²) in [6.07, 6.45) is 1.43. The van der Waals surface area contributed by atoms with Crippen molar-refractivity contribution >= 4 is 0 Å². The monoisotopic (exact) mass is 280 g/mol. The SMILES string of the molecule is C[C@H](OCc1ccccc1)[C@H](O)CCC1OCCCO1. The van der Waals surface area contributed by atoms with Crippen LogP contribution in [0.1, 0.15) is 31.7 Å². The molecule has 1 aromatic rings. The number of rotatable bonds is 7. The van der Waals surface area contributed by atoms with Gasteiger partial charge in [-0.05, 0) is 25.3 Å². The van der Waals surface area contributed by atoms with E-state index in [1.807, 2.05) is 37.3 Å². The van der Waals surface area contributed by atoms with Gasteiger partial charge in [-0.15, -0.1) is 0 Å². The molecule has 0 radical (unpaired) electrons. The summed E-state index contributed by atoms with van der Waals surface area (Å²) in [4.78, 5) is 0. The first-order valence-electron chi connectivity index (χ1n) is 7.32. The molecule has 1 N–H and O–H groups in total. The molecule has 1 aliphatic rings. The van der Waals surface area contributed by atoms with Crippen LogP contribution in [-0.2, 0) is 20.8 Å². The molecule has 4 heteroatoms. The second-order valence-electron chi connectivity index (χ2n) is 5.17. The molecule has 4 nitrogen and oxygen atoms in total. The molecule has 1 saturated heterocycles. The van der Waals surface area contributed by atoms with Gasteiger partial charge in [0, 0.05) is 6.42 Å². The van der Waals surface area contributed by atoms with Crippen molar-refractivity contribution < 1.29 is 19.3 Å². The van der Waals surface area contributed by atoms with Gasteiger partial charge in [0.2, 0.25) is 0 Å². The first-order valence-corrected chi connectivity index (χ1v) is 7.32. The average Bonchev–Trinajstić information content (AvgIpc) is 2.52. The fourth-order valence-corrected chi connectivity index (χ4v) is 2.16. The highest BCUT2D eigenvalue weighted by atomic mass is 16.7. The Labute approximate surface area is 120 Å². The standard InChI is InChI=1S/C16H24O4/c1-13(20-12-14-6-3-2-4-7-14)15(17)8-9-16-18-10-5-11-19-16/h2-4,6-7,13,15-17H,5,8-12H2,1H3/t13-,15+/m0/s1. The van der Waals surface area contributed by atoms with Crippen LogP contribution >= 0.6 is 0 Å². The number of benzene rings is 1. The fraction of sp³-hybridized carbons (Fsp3) is 0.625. The van der Waals surface area contributed by atoms with Crippen molar-refractivity contribution in [3.63, 3.8) is 0 Å². The number of hydrogen-bond acceptors (Lipinski definition) is 4. The minimum atomic E-state index is -0.493. The van der Waals surface area contributed by atoms with E-state index in [0.717, 1.165) is 25.2 Å². The fourth-order valence-electron chi connectivity index (χ4n) is 2.16. The summed E-state index contributed by atoms with van der Waals surface area (Å²) in [5.74, 6) is 0. The van der Waals surface area contributed by atoms with Crippen molar-refractivity contribution in [2.24, 2.45) is 0 Å². The molecule has 0 aromatic heterocycles. The molecule has 0 aliphatic carbocycles. The normalized spacial score (nSPS) is 19.7. The third-order valence-corrected chi connectivity index (χ3v) is 3.49. The predicted molar refractivity (Wildman–Crippen MR) is 76.2 cm³/mol. The van der Waals surface area contributed by atoms with E-state index in [4.69, 9.17) is 14.2 Å². The molecular weight excluding hydrogens is 256 g/mol. The van der Waals surface area contributed by atoms with Crippen LogP contribution in [0.25, 0.3) is 0 Å². The third-order valence-electron chi connectivity index (χ3n) is 3.49. The van der Waals surface area contributed by atoms with Gasteiger partial charge in [-0.1, -0.05) is 30.3 Å². The third kappa shape index (κ3) is 5.21. The van der Waals surface area contributed by atoms with Crippen molar-refractivity contribution in [2.45, 2.75) is 51.3 Å². The van der Waals surface area contributed by atoms with E-state index in [0.29, 0.717) is 19.4 Å². The summed E-state index contributed by atoms with van der Waals surface area (Å²) in [5, 5.41) is 10.1. The maximum Gasteiger partial charge on any atom is 0.157 e. The van der Waals surface area contributed by atoms with Gasteiger partial charge >= 0.3 is 0 Å². The molecule has 20 heavy (non-hydrogen) atoms. The van der Waals surface area contributed by atoms with Crippen LogP contribution in [-0.4, -0.2) is 36.8 Å². The van der Waals surface area contributed by atoms with Crippen molar-refractivity contribution in [3.05, 3.63) is 35.9 Å². The highest BCUT2D eigenvalue weighted by Gasteiger charge is 2.19. The van der Waals surface area contributed by atoms with Gasteiger partial charge in [0.25, 0.3) is 0 Å². The number of aliphatic hydroxyl groups excluding tert-OH is 1. The van der Waals surface area contributed by atoms with Gasteiger partial charge in [-0.2, -0.15) is 0 Å². The van der Waals surface area contributed by atoms with E-state index in [9.17, 15) is 5.11 Å². The highest BCUT2D eigenvalue weighted by Crippen LogP contribution is 2.15. The highest BCUT2D eigenvalue weighted by molar-refractivity contribution is 5.13. The van der Waals surface area contributed by atoms with E-state index < -0.39 is 6.10 Å². The minimum absolute atomic E-state index is 0.167. The number of aliphatic hydroxyl groups is 1. The van der Waals surface area contributed by atoms with Crippen molar-refractivity contribution in [2.75, 3.05) is 13.2 Å². The largest absolute Gasteiger partial charge is 0.390 e. The maximum atomic E-state index is 10.1. The Morgan fingerprint density at radius 1 is 1.25 bits per heavy atom. The number of ether oxygens (including phenoxy) is 3. The Bertz CT molecular complexity index is 362. The Hall–Kier alpha value is -0.940. The molecule has 1 fully saturated rings. The summed E-state index contributed by atoms with van der Waals surface area (Å²) < 4.78 is 16.6. The van der Waals surface area contributed by atoms with Crippen molar-refractivity contribution in [1.82, 2.24) is 0 Å². The molecule has 1 heterocycles.